The number of fused-ring (bicyclic) bond motifs is 7. The van der Waals surface area contributed by atoms with Crippen LogP contribution in [0.4, 0.5) is 0 Å². The SMILES string of the molecule is CC1(C)CC[C@]2(C(=O)O)CC[C@]3(C)C(=CC[C@@H]4[C@@]5(C)CCC(OC(=O)/C=C\c6ccc(O)cc6)C(C)(C)[C@@H]5CC[C@]43C)[C@@H]2C1. The maximum atomic E-state index is 13.0. The fraction of sp³-hybridized carbons (Fsp3) is 0.692. The second-order valence-electron chi connectivity index (χ2n) is 17.4. The summed E-state index contributed by atoms with van der Waals surface area (Å²) >= 11 is 0. The minimum atomic E-state index is -0.605. The lowest BCUT2D eigenvalue weighted by Gasteiger charge is -2.71. The molecule has 1 unspecified atom stereocenters. The smallest absolute Gasteiger partial charge is 0.331 e. The van der Waals surface area contributed by atoms with Crippen LogP contribution in [0.3, 0.4) is 0 Å². The van der Waals surface area contributed by atoms with Crippen LogP contribution in [0.5, 0.6) is 5.75 Å². The summed E-state index contributed by atoms with van der Waals surface area (Å²) in [5.74, 6) is 0.409. The molecule has 0 amide bonds. The van der Waals surface area contributed by atoms with Gasteiger partial charge in [0, 0.05) is 11.5 Å². The van der Waals surface area contributed by atoms with Crippen LogP contribution in [-0.4, -0.2) is 28.3 Å². The van der Waals surface area contributed by atoms with Crippen LogP contribution in [-0.2, 0) is 14.3 Å². The molecule has 5 aliphatic carbocycles. The van der Waals surface area contributed by atoms with Gasteiger partial charge in [-0.1, -0.05) is 72.2 Å². The summed E-state index contributed by atoms with van der Waals surface area (Å²) < 4.78 is 6.18. The van der Waals surface area contributed by atoms with Gasteiger partial charge in [0.05, 0.1) is 5.41 Å². The Morgan fingerprint density at radius 1 is 0.864 bits per heavy atom. The maximum absolute atomic E-state index is 13.0. The minimum absolute atomic E-state index is 0.00735. The van der Waals surface area contributed by atoms with E-state index in [1.165, 1.54) is 11.6 Å². The zero-order valence-corrected chi connectivity index (χ0v) is 28.0. The molecule has 1 aromatic rings. The number of carboxylic acids is 1. The average Bonchev–Trinajstić information content (AvgIpc) is 2.94. The van der Waals surface area contributed by atoms with Crippen molar-refractivity contribution in [2.24, 2.45) is 50.2 Å². The molecule has 0 bridgehead atoms. The van der Waals surface area contributed by atoms with Crippen LogP contribution in [0.1, 0.15) is 118 Å². The summed E-state index contributed by atoms with van der Waals surface area (Å²) in [7, 11) is 0. The van der Waals surface area contributed by atoms with E-state index in [1.807, 2.05) is 0 Å². The van der Waals surface area contributed by atoms with Crippen LogP contribution < -0.4 is 0 Å². The third-order valence-corrected chi connectivity index (χ3v) is 14.6. The van der Waals surface area contributed by atoms with Crippen molar-refractivity contribution in [3.05, 3.63) is 47.6 Å². The lowest BCUT2D eigenvalue weighted by molar-refractivity contribution is -0.212. The predicted octanol–water partition coefficient (Wildman–Crippen LogP) is 9.20. The predicted molar refractivity (Wildman–Crippen MR) is 174 cm³/mol. The first-order chi connectivity index (χ1) is 20.5. The van der Waals surface area contributed by atoms with E-state index >= 15 is 0 Å². The summed E-state index contributed by atoms with van der Waals surface area (Å²) in [6.45, 7) is 16.9. The van der Waals surface area contributed by atoms with Gasteiger partial charge >= 0.3 is 11.9 Å². The van der Waals surface area contributed by atoms with Crippen LogP contribution >= 0.6 is 0 Å². The number of esters is 1. The highest BCUT2D eigenvalue weighted by Gasteiger charge is 2.69. The maximum Gasteiger partial charge on any atom is 0.331 e. The normalized spacial score (nSPS) is 42.2. The second kappa shape index (κ2) is 10.2. The van der Waals surface area contributed by atoms with Crippen molar-refractivity contribution >= 4 is 18.0 Å². The number of benzene rings is 1. The lowest BCUT2D eigenvalue weighted by atomic mass is 9.33. The third kappa shape index (κ3) is 4.53. The molecule has 0 spiro atoms. The van der Waals surface area contributed by atoms with Gasteiger partial charge in [0.15, 0.2) is 0 Å². The molecular weight excluding hydrogens is 548 g/mol. The molecule has 6 rings (SSSR count). The molecule has 0 heterocycles. The number of aromatic hydroxyl groups is 1. The topological polar surface area (TPSA) is 83.8 Å². The Kier molecular flexibility index (Phi) is 7.30. The zero-order chi connectivity index (χ0) is 31.9. The molecule has 1 aromatic carbocycles. The second-order valence-corrected chi connectivity index (χ2v) is 17.4. The van der Waals surface area contributed by atoms with Crippen LogP contribution in [0.25, 0.3) is 6.08 Å². The average molecular weight is 603 g/mol. The molecule has 2 N–H and O–H groups in total. The highest BCUT2D eigenvalue weighted by atomic mass is 16.5. The Bertz CT molecular complexity index is 1390. The minimum Gasteiger partial charge on any atom is -0.508 e. The van der Waals surface area contributed by atoms with Gasteiger partial charge in [-0.3, -0.25) is 4.79 Å². The van der Waals surface area contributed by atoms with E-state index in [2.05, 4.69) is 54.5 Å². The first kappa shape index (κ1) is 31.4. The van der Waals surface area contributed by atoms with Gasteiger partial charge < -0.3 is 14.9 Å². The summed E-state index contributed by atoms with van der Waals surface area (Å²) in [6, 6.07) is 6.79. The summed E-state index contributed by atoms with van der Waals surface area (Å²) in [6.07, 6.45) is 15.3. The van der Waals surface area contributed by atoms with E-state index < -0.39 is 11.4 Å². The molecule has 4 fully saturated rings. The molecule has 0 aromatic heterocycles. The van der Waals surface area contributed by atoms with E-state index in [0.717, 1.165) is 69.8 Å². The van der Waals surface area contributed by atoms with Gasteiger partial charge in [0.1, 0.15) is 11.9 Å². The highest BCUT2D eigenvalue weighted by molar-refractivity contribution is 5.87. The van der Waals surface area contributed by atoms with Gasteiger partial charge in [-0.2, -0.15) is 0 Å². The molecule has 5 heteroatoms. The van der Waals surface area contributed by atoms with E-state index in [-0.39, 0.29) is 50.8 Å². The van der Waals surface area contributed by atoms with Crippen molar-refractivity contribution in [2.45, 2.75) is 119 Å². The number of carbonyl (C=O) groups is 2. The molecule has 0 radical (unpaired) electrons. The molecule has 8 atom stereocenters. The molecule has 240 valence electrons. The van der Waals surface area contributed by atoms with Gasteiger partial charge in [0.2, 0.25) is 0 Å². The quantitative estimate of drug-likeness (QED) is 0.204. The monoisotopic (exact) mass is 602 g/mol. The molecule has 44 heavy (non-hydrogen) atoms. The van der Waals surface area contributed by atoms with E-state index in [0.29, 0.717) is 11.8 Å². The number of hydrogen-bond donors (Lipinski definition) is 2. The molecule has 5 aliphatic rings. The summed E-state index contributed by atoms with van der Waals surface area (Å²) in [4.78, 5) is 25.9. The van der Waals surface area contributed by atoms with Crippen molar-refractivity contribution in [3.8, 4) is 5.75 Å². The van der Waals surface area contributed by atoms with Crippen LogP contribution in [0.2, 0.25) is 0 Å². The fourth-order valence-corrected chi connectivity index (χ4v) is 11.7. The van der Waals surface area contributed by atoms with E-state index in [9.17, 15) is 19.8 Å². The summed E-state index contributed by atoms with van der Waals surface area (Å²) in [5, 5.41) is 20.2. The molecule has 5 nitrogen and oxygen atoms in total. The van der Waals surface area contributed by atoms with Crippen molar-refractivity contribution in [1.82, 2.24) is 0 Å². The number of hydrogen-bond acceptors (Lipinski definition) is 4. The lowest BCUT2D eigenvalue weighted by Crippen LogP contribution is -2.65. The number of allylic oxidation sites excluding steroid dienone is 2. The number of carboxylic acid groups (broad SMARTS) is 1. The zero-order valence-electron chi connectivity index (χ0n) is 28.0. The first-order valence-corrected chi connectivity index (χ1v) is 17.1. The molecule has 0 saturated heterocycles. The van der Waals surface area contributed by atoms with Crippen molar-refractivity contribution in [1.29, 1.82) is 0 Å². The number of ether oxygens (including phenoxy) is 1. The number of phenolic OH excluding ortho intramolecular Hbond substituents is 1. The Hall–Kier alpha value is -2.56. The Labute approximate surface area is 264 Å². The Balaban J connectivity index is 1.26. The Morgan fingerprint density at radius 3 is 2.23 bits per heavy atom. The van der Waals surface area contributed by atoms with Crippen LogP contribution in [0, 0.1) is 50.2 Å². The van der Waals surface area contributed by atoms with Gasteiger partial charge in [-0.25, -0.2) is 4.79 Å². The standard InChI is InChI=1S/C39H54O5/c1-34(2)20-22-39(33(42)43)23-21-37(6)27(28(39)24-34)13-14-30-36(5)18-17-31(35(3,4)29(36)16-19-38(30,37)7)44-32(41)15-10-25-8-11-26(40)12-9-25/h8-13,15,28-31,40H,14,16-24H2,1-7H3,(H,42,43)/b15-10-/t28-,29-,30+,31?,36-,37+,38+,39-/m0/s1. The Morgan fingerprint density at radius 2 is 1.55 bits per heavy atom. The number of carbonyl (C=O) groups excluding carboxylic acids is 1. The summed E-state index contributed by atoms with van der Waals surface area (Å²) in [5.41, 5.74) is 1.98. The van der Waals surface area contributed by atoms with Gasteiger partial charge in [0.25, 0.3) is 0 Å². The first-order valence-electron chi connectivity index (χ1n) is 17.1. The number of phenols is 1. The van der Waals surface area contributed by atoms with Crippen molar-refractivity contribution in [3.63, 3.8) is 0 Å². The van der Waals surface area contributed by atoms with Gasteiger partial charge in [-0.15, -0.1) is 0 Å². The van der Waals surface area contributed by atoms with Crippen molar-refractivity contribution in [2.75, 3.05) is 0 Å². The van der Waals surface area contributed by atoms with E-state index in [1.54, 1.807) is 30.3 Å². The highest BCUT2D eigenvalue weighted by Crippen LogP contribution is 2.75. The van der Waals surface area contributed by atoms with Crippen molar-refractivity contribution < 1.29 is 24.5 Å². The molecule has 4 saturated carbocycles. The third-order valence-electron chi connectivity index (χ3n) is 14.6. The molecule has 0 aliphatic heterocycles. The number of aliphatic carboxylic acids is 1. The largest absolute Gasteiger partial charge is 0.508 e. The van der Waals surface area contributed by atoms with Crippen LogP contribution in [0.15, 0.2) is 42.0 Å². The van der Waals surface area contributed by atoms with Gasteiger partial charge in [-0.05, 0) is 127 Å². The number of rotatable bonds is 4. The molecular formula is C39H54O5. The van der Waals surface area contributed by atoms with E-state index in [4.69, 9.17) is 4.74 Å². The fourth-order valence-electron chi connectivity index (χ4n) is 11.7.